The number of hydrogen-bond donors (Lipinski definition) is 3. The fraction of sp³-hybridized carbons (Fsp3) is 0.182. The summed E-state index contributed by atoms with van der Waals surface area (Å²) in [7, 11) is 1.63. The van der Waals surface area contributed by atoms with Gasteiger partial charge in [0, 0.05) is 18.5 Å². The van der Waals surface area contributed by atoms with E-state index in [1.54, 1.807) is 19.2 Å². The van der Waals surface area contributed by atoms with Crippen LogP contribution in [0.4, 0.5) is 0 Å². The molecule has 0 fully saturated rings. The Kier molecular flexibility index (Phi) is 10.1. The zero-order valence-electron chi connectivity index (χ0n) is 22.7. The zero-order valence-corrected chi connectivity index (χ0v) is 22.7. The number of carbonyl (C=O) groups excluding carboxylic acids is 2. The van der Waals surface area contributed by atoms with Gasteiger partial charge in [0.2, 0.25) is 5.91 Å². The third-order valence-corrected chi connectivity index (χ3v) is 6.45. The topological polar surface area (TPSA) is 114 Å². The third-order valence-electron chi connectivity index (χ3n) is 6.45. The van der Waals surface area contributed by atoms with Crippen molar-refractivity contribution < 1.29 is 29.0 Å². The maximum atomic E-state index is 12.9. The molecule has 0 unspecified atom stereocenters. The predicted molar refractivity (Wildman–Crippen MR) is 156 cm³/mol. The molecule has 8 heteroatoms. The molecule has 4 rings (SSSR count). The van der Waals surface area contributed by atoms with Crippen molar-refractivity contribution in [2.75, 3.05) is 7.11 Å². The first-order valence-corrected chi connectivity index (χ1v) is 13.2. The summed E-state index contributed by atoms with van der Waals surface area (Å²) in [6.07, 6.45) is -0.270. The highest BCUT2D eigenvalue weighted by atomic mass is 16.5. The number of ether oxygens (including phenoxy) is 2. The van der Waals surface area contributed by atoms with Crippen molar-refractivity contribution >= 4 is 17.8 Å². The summed E-state index contributed by atoms with van der Waals surface area (Å²) >= 11 is 0. The maximum absolute atomic E-state index is 12.9. The standard InChI is InChI=1S/C33H32N2O6/c1-40-29-9-5-8-24(20-29)22-41-28-16-14-26(15-17-28)25-10-12-27(13-11-25)32(38)35-30(18-19-31(36)37)33(39)34-21-23-6-3-2-4-7-23/h2-17,20,30H,18-19,21-22H2,1H3,(H,34,39)(H,35,38)(H,36,37)/t30-/m0/s1. The van der Waals surface area contributed by atoms with Gasteiger partial charge in [-0.15, -0.1) is 0 Å². The largest absolute Gasteiger partial charge is 0.497 e. The van der Waals surface area contributed by atoms with Crippen LogP contribution in [0.1, 0.15) is 34.3 Å². The van der Waals surface area contributed by atoms with Crippen LogP contribution in [0.25, 0.3) is 11.1 Å². The highest BCUT2D eigenvalue weighted by Crippen LogP contribution is 2.24. The lowest BCUT2D eigenvalue weighted by Crippen LogP contribution is -2.46. The lowest BCUT2D eigenvalue weighted by molar-refractivity contribution is -0.137. The van der Waals surface area contributed by atoms with Crippen LogP contribution in [0.15, 0.2) is 103 Å². The van der Waals surface area contributed by atoms with Crippen molar-refractivity contribution in [1.82, 2.24) is 10.6 Å². The molecule has 0 bridgehead atoms. The summed E-state index contributed by atoms with van der Waals surface area (Å²) in [6, 6.07) is 30.7. The van der Waals surface area contributed by atoms with Crippen LogP contribution in [0.2, 0.25) is 0 Å². The van der Waals surface area contributed by atoms with Gasteiger partial charge in [-0.05, 0) is 65.1 Å². The first-order valence-electron chi connectivity index (χ1n) is 13.2. The van der Waals surface area contributed by atoms with Gasteiger partial charge >= 0.3 is 5.97 Å². The van der Waals surface area contributed by atoms with Crippen LogP contribution in [0.5, 0.6) is 11.5 Å². The Hall–Kier alpha value is -5.11. The molecule has 0 saturated heterocycles. The van der Waals surface area contributed by atoms with Gasteiger partial charge < -0.3 is 25.2 Å². The number of benzene rings is 4. The smallest absolute Gasteiger partial charge is 0.303 e. The molecule has 0 aliphatic rings. The van der Waals surface area contributed by atoms with E-state index < -0.39 is 23.8 Å². The second kappa shape index (κ2) is 14.3. The van der Waals surface area contributed by atoms with E-state index in [2.05, 4.69) is 10.6 Å². The molecule has 210 valence electrons. The van der Waals surface area contributed by atoms with Crippen LogP contribution in [-0.2, 0) is 22.7 Å². The molecular weight excluding hydrogens is 520 g/mol. The van der Waals surface area contributed by atoms with Gasteiger partial charge in [-0.3, -0.25) is 14.4 Å². The molecule has 4 aromatic rings. The summed E-state index contributed by atoms with van der Waals surface area (Å²) in [5, 5.41) is 14.6. The van der Waals surface area contributed by atoms with Gasteiger partial charge in [0.25, 0.3) is 5.91 Å². The van der Waals surface area contributed by atoms with E-state index in [0.29, 0.717) is 12.2 Å². The lowest BCUT2D eigenvalue weighted by Gasteiger charge is -2.18. The van der Waals surface area contributed by atoms with Gasteiger partial charge in [-0.1, -0.05) is 66.7 Å². The summed E-state index contributed by atoms with van der Waals surface area (Å²) in [4.78, 5) is 36.8. The lowest BCUT2D eigenvalue weighted by atomic mass is 10.0. The van der Waals surface area contributed by atoms with Gasteiger partial charge in [0.05, 0.1) is 7.11 Å². The molecule has 0 radical (unpaired) electrons. The van der Waals surface area contributed by atoms with E-state index in [0.717, 1.165) is 33.8 Å². The van der Waals surface area contributed by atoms with Gasteiger partial charge in [-0.2, -0.15) is 0 Å². The molecule has 41 heavy (non-hydrogen) atoms. The number of methoxy groups -OCH3 is 1. The Morgan fingerprint density at radius 1 is 0.780 bits per heavy atom. The number of carbonyl (C=O) groups is 3. The molecule has 3 N–H and O–H groups in total. The fourth-order valence-electron chi connectivity index (χ4n) is 4.17. The van der Waals surface area contributed by atoms with Crippen molar-refractivity contribution in [3.05, 3.63) is 120 Å². The minimum absolute atomic E-state index is 0.0218. The second-order valence-electron chi connectivity index (χ2n) is 9.40. The molecule has 8 nitrogen and oxygen atoms in total. The molecule has 0 aromatic heterocycles. The molecule has 0 heterocycles. The average molecular weight is 553 g/mol. The van der Waals surface area contributed by atoms with E-state index in [-0.39, 0.29) is 19.4 Å². The van der Waals surface area contributed by atoms with Crippen molar-refractivity contribution in [2.45, 2.75) is 32.0 Å². The molecular formula is C33H32N2O6. The van der Waals surface area contributed by atoms with E-state index in [9.17, 15) is 14.4 Å². The quantitative estimate of drug-likeness (QED) is 0.210. The Morgan fingerprint density at radius 2 is 1.44 bits per heavy atom. The molecule has 0 spiro atoms. The van der Waals surface area contributed by atoms with E-state index in [1.807, 2.05) is 91.0 Å². The first kappa shape index (κ1) is 28.9. The summed E-state index contributed by atoms with van der Waals surface area (Å²) in [6.45, 7) is 0.691. The molecule has 2 amide bonds. The monoisotopic (exact) mass is 552 g/mol. The fourth-order valence-corrected chi connectivity index (χ4v) is 4.17. The summed E-state index contributed by atoms with van der Waals surface area (Å²) in [5.41, 5.74) is 4.12. The van der Waals surface area contributed by atoms with Crippen LogP contribution in [0, 0.1) is 0 Å². The van der Waals surface area contributed by atoms with Crippen molar-refractivity contribution in [3.63, 3.8) is 0 Å². The molecule has 4 aromatic carbocycles. The van der Waals surface area contributed by atoms with E-state index >= 15 is 0 Å². The number of nitrogens with one attached hydrogen (secondary N) is 2. The molecule has 1 atom stereocenters. The number of carboxylic acids is 1. The number of aliphatic carboxylic acids is 1. The van der Waals surface area contributed by atoms with Gasteiger partial charge in [0.1, 0.15) is 24.1 Å². The van der Waals surface area contributed by atoms with Crippen molar-refractivity contribution in [1.29, 1.82) is 0 Å². The number of carboxylic acid groups (broad SMARTS) is 1. The highest BCUT2D eigenvalue weighted by molar-refractivity contribution is 5.98. The Balaban J connectivity index is 1.35. The minimum Gasteiger partial charge on any atom is -0.497 e. The Labute approximate surface area is 238 Å². The van der Waals surface area contributed by atoms with Crippen LogP contribution >= 0.6 is 0 Å². The number of rotatable bonds is 13. The Morgan fingerprint density at radius 3 is 2.10 bits per heavy atom. The van der Waals surface area contributed by atoms with Crippen LogP contribution in [0.3, 0.4) is 0 Å². The van der Waals surface area contributed by atoms with Gasteiger partial charge in [-0.25, -0.2) is 0 Å². The maximum Gasteiger partial charge on any atom is 0.303 e. The second-order valence-corrected chi connectivity index (χ2v) is 9.40. The normalized spacial score (nSPS) is 11.2. The van der Waals surface area contributed by atoms with Gasteiger partial charge in [0.15, 0.2) is 0 Å². The summed E-state index contributed by atoms with van der Waals surface area (Å²) < 4.78 is 11.1. The number of hydrogen-bond acceptors (Lipinski definition) is 5. The molecule has 0 aliphatic heterocycles. The summed E-state index contributed by atoms with van der Waals surface area (Å²) in [5.74, 6) is -0.427. The third kappa shape index (κ3) is 8.69. The van der Waals surface area contributed by atoms with Crippen molar-refractivity contribution in [2.24, 2.45) is 0 Å². The van der Waals surface area contributed by atoms with Crippen LogP contribution in [-0.4, -0.2) is 36.0 Å². The SMILES string of the molecule is COc1cccc(COc2ccc(-c3ccc(C(=O)N[C@@H](CCC(=O)O)C(=O)NCc4ccccc4)cc3)cc2)c1. The average Bonchev–Trinajstić information content (AvgIpc) is 3.01. The highest BCUT2D eigenvalue weighted by Gasteiger charge is 2.22. The predicted octanol–water partition coefficient (Wildman–Crippen LogP) is 5.22. The first-order chi connectivity index (χ1) is 19.9. The molecule has 0 aliphatic carbocycles. The Bertz CT molecular complexity index is 1450. The van der Waals surface area contributed by atoms with E-state index in [4.69, 9.17) is 14.6 Å². The number of amides is 2. The van der Waals surface area contributed by atoms with Crippen molar-refractivity contribution in [3.8, 4) is 22.6 Å². The zero-order chi connectivity index (χ0) is 29.0. The van der Waals surface area contributed by atoms with E-state index in [1.165, 1.54) is 0 Å². The van der Waals surface area contributed by atoms with Crippen LogP contribution < -0.4 is 20.1 Å². The molecule has 0 saturated carbocycles. The minimum atomic E-state index is -1.04.